The van der Waals surface area contributed by atoms with Gasteiger partial charge in [-0.05, 0) is 18.2 Å². The lowest BCUT2D eigenvalue weighted by atomic mass is 10.2. The second kappa shape index (κ2) is 5.98. The minimum Gasteiger partial charge on any atom is -0.341 e. The highest BCUT2D eigenvalue weighted by Crippen LogP contribution is 2.13. The summed E-state index contributed by atoms with van der Waals surface area (Å²) in [5.41, 5.74) is 1.42. The highest BCUT2D eigenvalue weighted by atomic mass is 32.1. The van der Waals surface area contributed by atoms with Gasteiger partial charge in [-0.25, -0.2) is 4.98 Å². The van der Waals surface area contributed by atoms with Gasteiger partial charge in [0.05, 0.1) is 6.54 Å². The Morgan fingerprint density at radius 1 is 1.58 bits per heavy atom. The summed E-state index contributed by atoms with van der Waals surface area (Å²) >= 11 is 1.24. The third-order valence-corrected chi connectivity index (χ3v) is 3.15. The molecule has 1 amide bonds. The van der Waals surface area contributed by atoms with Gasteiger partial charge in [-0.1, -0.05) is 12.0 Å². The highest BCUT2D eigenvalue weighted by Gasteiger charge is 2.10. The number of nitrogens with zero attached hydrogens (tertiary/aromatic N) is 3. The van der Waals surface area contributed by atoms with Crippen LogP contribution in [0.1, 0.15) is 5.56 Å². The fraction of sp³-hybridized carbons (Fsp3) is 0.154. The van der Waals surface area contributed by atoms with Crippen LogP contribution in [-0.2, 0) is 4.79 Å². The van der Waals surface area contributed by atoms with Gasteiger partial charge in [0.25, 0.3) is 0 Å². The first kappa shape index (κ1) is 13.1. The van der Waals surface area contributed by atoms with E-state index in [9.17, 15) is 4.79 Å². The summed E-state index contributed by atoms with van der Waals surface area (Å²) in [6, 6.07) is 7.16. The number of hydrogen-bond donors (Lipinski definition) is 1. The lowest BCUT2D eigenvalue weighted by Crippen LogP contribution is -2.29. The van der Waals surface area contributed by atoms with Crippen LogP contribution in [0.5, 0.6) is 0 Å². The Hall–Kier alpha value is -2.39. The summed E-state index contributed by atoms with van der Waals surface area (Å²) in [5.74, 6) is 2.39. The van der Waals surface area contributed by atoms with Crippen molar-refractivity contribution in [2.24, 2.45) is 0 Å². The number of amides is 1. The zero-order valence-corrected chi connectivity index (χ0v) is 11.1. The van der Waals surface area contributed by atoms with Crippen molar-refractivity contribution in [2.75, 3.05) is 23.8 Å². The van der Waals surface area contributed by atoms with E-state index < -0.39 is 0 Å². The SMILES string of the molecule is C#Cc1cccc(NC(=O)CN(C)c2ncns2)c1. The standard InChI is InChI=1S/C13H12N4OS/c1-3-10-5-4-6-11(7-10)16-12(18)8-17(2)13-14-9-15-19-13/h1,4-7,9H,8H2,2H3,(H,16,18). The van der Waals surface area contributed by atoms with Crippen molar-refractivity contribution in [2.45, 2.75) is 0 Å². The first-order valence-corrected chi connectivity index (χ1v) is 6.30. The minimum absolute atomic E-state index is 0.133. The van der Waals surface area contributed by atoms with Gasteiger partial charge in [0, 0.05) is 29.8 Å². The van der Waals surface area contributed by atoms with Gasteiger partial charge >= 0.3 is 0 Å². The van der Waals surface area contributed by atoms with Crippen molar-refractivity contribution < 1.29 is 4.79 Å². The van der Waals surface area contributed by atoms with E-state index in [1.807, 2.05) is 6.07 Å². The quantitative estimate of drug-likeness (QED) is 0.859. The third kappa shape index (κ3) is 3.53. The lowest BCUT2D eigenvalue weighted by Gasteiger charge is -2.14. The first-order chi connectivity index (χ1) is 9.19. The maximum absolute atomic E-state index is 11.9. The Labute approximate surface area is 115 Å². The van der Waals surface area contributed by atoms with Crippen molar-refractivity contribution in [3.8, 4) is 12.3 Å². The second-order valence-corrected chi connectivity index (χ2v) is 4.61. The molecule has 1 N–H and O–H groups in total. The molecule has 0 saturated carbocycles. The van der Waals surface area contributed by atoms with E-state index >= 15 is 0 Å². The van der Waals surface area contributed by atoms with Crippen molar-refractivity contribution in [1.29, 1.82) is 0 Å². The molecule has 0 unspecified atom stereocenters. The van der Waals surface area contributed by atoms with Crippen molar-refractivity contribution >= 4 is 28.3 Å². The molecular formula is C13H12N4OS. The van der Waals surface area contributed by atoms with Crippen LogP contribution in [-0.4, -0.2) is 28.9 Å². The molecule has 5 nitrogen and oxygen atoms in total. The zero-order valence-electron chi connectivity index (χ0n) is 10.3. The van der Waals surface area contributed by atoms with Gasteiger partial charge in [-0.2, -0.15) is 4.37 Å². The number of benzene rings is 1. The van der Waals surface area contributed by atoms with Gasteiger partial charge in [0.2, 0.25) is 11.0 Å². The van der Waals surface area contributed by atoms with Crippen LogP contribution >= 0.6 is 11.5 Å². The molecule has 6 heteroatoms. The Balaban J connectivity index is 1.96. The number of hydrogen-bond acceptors (Lipinski definition) is 5. The number of likely N-dealkylation sites (N-methyl/N-ethyl adjacent to an activating group) is 1. The first-order valence-electron chi connectivity index (χ1n) is 5.53. The molecule has 0 atom stereocenters. The van der Waals surface area contributed by atoms with Gasteiger partial charge < -0.3 is 10.2 Å². The predicted octanol–water partition coefficient (Wildman–Crippen LogP) is 1.59. The maximum atomic E-state index is 11.9. The highest BCUT2D eigenvalue weighted by molar-refractivity contribution is 7.09. The van der Waals surface area contributed by atoms with Gasteiger partial charge in [-0.3, -0.25) is 4.79 Å². The molecule has 0 aliphatic heterocycles. The van der Waals surface area contributed by atoms with Gasteiger partial charge in [0.15, 0.2) is 0 Å². The number of anilines is 2. The summed E-state index contributed by atoms with van der Waals surface area (Å²) in [4.78, 5) is 17.6. The number of nitrogens with one attached hydrogen (secondary N) is 1. The summed E-state index contributed by atoms with van der Waals surface area (Å²) in [5, 5.41) is 3.49. The molecule has 1 heterocycles. The largest absolute Gasteiger partial charge is 0.341 e. The third-order valence-electron chi connectivity index (χ3n) is 2.37. The van der Waals surface area contributed by atoms with Crippen LogP contribution in [0, 0.1) is 12.3 Å². The molecular weight excluding hydrogens is 260 g/mol. The minimum atomic E-state index is -0.133. The summed E-state index contributed by atoms with van der Waals surface area (Å²) < 4.78 is 3.89. The van der Waals surface area contributed by atoms with E-state index in [1.54, 1.807) is 30.1 Å². The molecule has 0 saturated heterocycles. The van der Waals surface area contributed by atoms with Crippen molar-refractivity contribution in [1.82, 2.24) is 9.36 Å². The molecule has 2 rings (SSSR count). The van der Waals surface area contributed by atoms with E-state index in [0.29, 0.717) is 10.8 Å². The molecule has 0 bridgehead atoms. The molecule has 0 radical (unpaired) electrons. The van der Waals surface area contributed by atoms with Crippen molar-refractivity contribution in [3.63, 3.8) is 0 Å². The number of carbonyl (C=O) groups excluding carboxylic acids is 1. The average molecular weight is 272 g/mol. The Bertz CT molecular complexity index is 603. The summed E-state index contributed by atoms with van der Waals surface area (Å²) in [6.45, 7) is 0.204. The van der Waals surface area contributed by atoms with E-state index in [-0.39, 0.29) is 12.5 Å². The average Bonchev–Trinajstić information content (AvgIpc) is 2.92. The van der Waals surface area contributed by atoms with Crippen LogP contribution in [0.3, 0.4) is 0 Å². The topological polar surface area (TPSA) is 58.1 Å². The van der Waals surface area contributed by atoms with E-state index in [4.69, 9.17) is 6.42 Å². The summed E-state index contributed by atoms with van der Waals surface area (Å²) in [6.07, 6.45) is 6.77. The van der Waals surface area contributed by atoms with Gasteiger partial charge in [-0.15, -0.1) is 6.42 Å². The molecule has 0 fully saturated rings. The van der Waals surface area contributed by atoms with E-state index in [0.717, 1.165) is 5.56 Å². The molecule has 2 aromatic rings. The molecule has 0 spiro atoms. The Morgan fingerprint density at radius 2 is 2.42 bits per heavy atom. The van der Waals surface area contributed by atoms with Gasteiger partial charge in [0.1, 0.15) is 6.33 Å². The molecule has 0 aliphatic carbocycles. The Morgan fingerprint density at radius 3 is 3.11 bits per heavy atom. The molecule has 1 aromatic carbocycles. The maximum Gasteiger partial charge on any atom is 0.243 e. The number of terminal acetylenes is 1. The normalized spacial score (nSPS) is 9.68. The molecule has 0 aliphatic rings. The molecule has 96 valence electrons. The molecule has 1 aromatic heterocycles. The van der Waals surface area contributed by atoms with Crippen LogP contribution in [0.15, 0.2) is 30.6 Å². The van der Waals surface area contributed by atoms with Crippen LogP contribution < -0.4 is 10.2 Å². The van der Waals surface area contributed by atoms with Crippen molar-refractivity contribution in [3.05, 3.63) is 36.2 Å². The second-order valence-electron chi connectivity index (χ2n) is 3.85. The predicted molar refractivity (Wildman–Crippen MR) is 76.2 cm³/mol. The smallest absolute Gasteiger partial charge is 0.243 e. The van der Waals surface area contributed by atoms with Crippen LogP contribution in [0.2, 0.25) is 0 Å². The van der Waals surface area contributed by atoms with Crippen LogP contribution in [0.25, 0.3) is 0 Å². The fourth-order valence-corrected chi connectivity index (χ4v) is 1.99. The van der Waals surface area contributed by atoms with Crippen LogP contribution in [0.4, 0.5) is 10.8 Å². The van der Waals surface area contributed by atoms with E-state index in [1.165, 1.54) is 17.9 Å². The number of aromatic nitrogens is 2. The molecule has 19 heavy (non-hydrogen) atoms. The number of rotatable bonds is 4. The van der Waals surface area contributed by atoms with E-state index in [2.05, 4.69) is 20.6 Å². The Kier molecular flexibility index (Phi) is 4.11. The number of carbonyl (C=O) groups is 1. The summed E-state index contributed by atoms with van der Waals surface area (Å²) in [7, 11) is 1.79. The monoisotopic (exact) mass is 272 g/mol. The lowest BCUT2D eigenvalue weighted by molar-refractivity contribution is -0.114. The zero-order chi connectivity index (χ0) is 13.7. The fourth-order valence-electron chi connectivity index (χ4n) is 1.51.